The Morgan fingerprint density at radius 1 is 1.33 bits per heavy atom. The molecule has 1 aromatic heterocycles. The number of rotatable bonds is 8. The summed E-state index contributed by atoms with van der Waals surface area (Å²) in [5.41, 5.74) is 0.649. The number of aromatic nitrogens is 2. The minimum Gasteiger partial charge on any atom is -0.381 e. The number of H-pyrrole nitrogens is 1. The summed E-state index contributed by atoms with van der Waals surface area (Å²) in [5, 5.41) is 3.90. The van der Waals surface area contributed by atoms with Crippen molar-refractivity contribution in [1.82, 2.24) is 15.3 Å². The van der Waals surface area contributed by atoms with E-state index in [-0.39, 0.29) is 5.56 Å². The van der Waals surface area contributed by atoms with Gasteiger partial charge in [-0.2, -0.15) is 0 Å². The van der Waals surface area contributed by atoms with Gasteiger partial charge in [-0.25, -0.2) is 4.98 Å². The summed E-state index contributed by atoms with van der Waals surface area (Å²) in [5.74, 6) is 1.24. The third-order valence-corrected chi connectivity index (χ3v) is 3.05. The first kappa shape index (κ1) is 15.7. The highest BCUT2D eigenvalue weighted by atomic mass is 16.5. The minimum absolute atomic E-state index is 0.0855. The summed E-state index contributed by atoms with van der Waals surface area (Å²) in [7, 11) is 0. The van der Waals surface area contributed by atoms with E-state index in [9.17, 15) is 4.79 Å². The Labute approximate surface area is 124 Å². The number of nitrogens with one attached hydrogen (secondary N) is 2. The fraction of sp³-hybridized carbons (Fsp3) is 0.500. The average molecular weight is 289 g/mol. The third-order valence-electron chi connectivity index (χ3n) is 3.05. The van der Waals surface area contributed by atoms with Crippen LogP contribution < -0.4 is 10.9 Å². The predicted octanol–water partition coefficient (Wildman–Crippen LogP) is 2.08. The van der Waals surface area contributed by atoms with Crippen molar-refractivity contribution >= 4 is 10.9 Å². The van der Waals surface area contributed by atoms with Gasteiger partial charge in [0.2, 0.25) is 0 Å². The van der Waals surface area contributed by atoms with E-state index in [1.807, 2.05) is 18.2 Å². The highest BCUT2D eigenvalue weighted by Gasteiger charge is 2.02. The van der Waals surface area contributed by atoms with Gasteiger partial charge in [-0.1, -0.05) is 26.0 Å². The second-order valence-corrected chi connectivity index (χ2v) is 5.53. The molecule has 0 radical (unpaired) electrons. The summed E-state index contributed by atoms with van der Waals surface area (Å²) in [6, 6.07) is 7.37. The maximum atomic E-state index is 11.9. The van der Waals surface area contributed by atoms with Crippen LogP contribution in [0.5, 0.6) is 0 Å². The Morgan fingerprint density at radius 3 is 2.95 bits per heavy atom. The van der Waals surface area contributed by atoms with E-state index in [0.717, 1.165) is 31.7 Å². The summed E-state index contributed by atoms with van der Waals surface area (Å²) in [6.07, 6.45) is 0.949. The lowest BCUT2D eigenvalue weighted by atomic mass is 10.2. The van der Waals surface area contributed by atoms with Gasteiger partial charge in [0.05, 0.1) is 17.4 Å². The number of nitrogens with zero attached hydrogens (tertiary/aromatic N) is 1. The first-order valence-electron chi connectivity index (χ1n) is 7.43. The van der Waals surface area contributed by atoms with Crippen LogP contribution in [-0.2, 0) is 11.3 Å². The second-order valence-electron chi connectivity index (χ2n) is 5.53. The summed E-state index contributed by atoms with van der Waals surface area (Å²) >= 11 is 0. The van der Waals surface area contributed by atoms with Crippen LogP contribution in [0.4, 0.5) is 0 Å². The van der Waals surface area contributed by atoms with Crippen molar-refractivity contribution in [1.29, 1.82) is 0 Å². The minimum atomic E-state index is -0.0855. The van der Waals surface area contributed by atoms with Gasteiger partial charge in [0.1, 0.15) is 5.82 Å². The van der Waals surface area contributed by atoms with Crippen molar-refractivity contribution in [3.63, 3.8) is 0 Å². The molecule has 0 aliphatic heterocycles. The SMILES string of the molecule is CC(C)COCCCNCc1nc2ccccc2c(=O)[nH]1. The molecule has 114 valence electrons. The number of fused-ring (bicyclic) bond motifs is 1. The fourth-order valence-corrected chi connectivity index (χ4v) is 2.04. The van der Waals surface area contributed by atoms with E-state index in [2.05, 4.69) is 29.1 Å². The van der Waals surface area contributed by atoms with Crippen molar-refractivity contribution in [2.24, 2.45) is 5.92 Å². The normalized spacial score (nSPS) is 11.4. The zero-order chi connectivity index (χ0) is 15.1. The molecule has 1 aromatic carbocycles. The van der Waals surface area contributed by atoms with Crippen LogP contribution >= 0.6 is 0 Å². The van der Waals surface area contributed by atoms with Crippen LogP contribution in [0.1, 0.15) is 26.1 Å². The van der Waals surface area contributed by atoms with Gasteiger partial charge in [-0.05, 0) is 31.0 Å². The zero-order valence-electron chi connectivity index (χ0n) is 12.7. The molecule has 0 aliphatic carbocycles. The van der Waals surface area contributed by atoms with Crippen LogP contribution in [0.2, 0.25) is 0 Å². The Balaban J connectivity index is 1.78. The molecule has 21 heavy (non-hydrogen) atoms. The largest absolute Gasteiger partial charge is 0.381 e. The molecule has 0 saturated heterocycles. The first-order chi connectivity index (χ1) is 10.2. The lowest BCUT2D eigenvalue weighted by Gasteiger charge is -2.07. The van der Waals surface area contributed by atoms with Crippen LogP contribution in [0.25, 0.3) is 10.9 Å². The molecule has 0 amide bonds. The molecular weight excluding hydrogens is 266 g/mol. The summed E-state index contributed by atoms with van der Waals surface area (Å²) in [4.78, 5) is 19.1. The third kappa shape index (κ3) is 4.95. The monoisotopic (exact) mass is 289 g/mol. The van der Waals surface area contributed by atoms with E-state index >= 15 is 0 Å². The highest BCUT2D eigenvalue weighted by Crippen LogP contribution is 2.05. The number of para-hydroxylation sites is 1. The predicted molar refractivity (Wildman–Crippen MR) is 84.3 cm³/mol. The Bertz CT molecular complexity index is 622. The van der Waals surface area contributed by atoms with Crippen LogP contribution in [-0.4, -0.2) is 29.7 Å². The van der Waals surface area contributed by atoms with Crippen molar-refractivity contribution < 1.29 is 4.74 Å². The lowest BCUT2D eigenvalue weighted by Crippen LogP contribution is -2.21. The maximum absolute atomic E-state index is 11.9. The Hall–Kier alpha value is -1.72. The van der Waals surface area contributed by atoms with Crippen LogP contribution in [0.3, 0.4) is 0 Å². The molecule has 2 rings (SSSR count). The quantitative estimate of drug-likeness (QED) is 0.730. The van der Waals surface area contributed by atoms with Crippen molar-refractivity contribution in [3.05, 3.63) is 40.4 Å². The standard InChI is InChI=1S/C16H23N3O2/c1-12(2)11-21-9-5-8-17-10-15-18-14-7-4-3-6-13(14)16(20)19-15/h3-4,6-7,12,17H,5,8-11H2,1-2H3,(H,18,19,20). The molecule has 0 aliphatic rings. The zero-order valence-corrected chi connectivity index (χ0v) is 12.7. The van der Waals surface area contributed by atoms with Gasteiger partial charge < -0.3 is 15.0 Å². The molecule has 0 unspecified atom stereocenters. The maximum Gasteiger partial charge on any atom is 0.258 e. The van der Waals surface area contributed by atoms with E-state index in [1.54, 1.807) is 6.07 Å². The molecule has 0 atom stereocenters. The molecule has 0 saturated carbocycles. The van der Waals surface area contributed by atoms with Gasteiger partial charge in [0.25, 0.3) is 5.56 Å². The molecule has 1 heterocycles. The Morgan fingerprint density at radius 2 is 2.14 bits per heavy atom. The summed E-state index contributed by atoms with van der Waals surface area (Å²) < 4.78 is 5.51. The Kier molecular flexibility index (Phi) is 5.90. The number of aromatic amines is 1. The molecule has 2 aromatic rings. The molecule has 0 bridgehead atoms. The smallest absolute Gasteiger partial charge is 0.258 e. The molecular formula is C16H23N3O2. The van der Waals surface area contributed by atoms with Crippen molar-refractivity contribution in [3.8, 4) is 0 Å². The van der Waals surface area contributed by atoms with Crippen molar-refractivity contribution in [2.75, 3.05) is 19.8 Å². The van der Waals surface area contributed by atoms with Crippen molar-refractivity contribution in [2.45, 2.75) is 26.8 Å². The number of hydrogen-bond acceptors (Lipinski definition) is 4. The number of benzene rings is 1. The van der Waals surface area contributed by atoms with E-state index in [4.69, 9.17) is 4.74 Å². The van der Waals surface area contributed by atoms with Crippen LogP contribution in [0.15, 0.2) is 29.1 Å². The molecule has 2 N–H and O–H groups in total. The number of ether oxygens (including phenoxy) is 1. The molecule has 0 spiro atoms. The van der Waals surface area contributed by atoms with Crippen LogP contribution in [0, 0.1) is 5.92 Å². The van der Waals surface area contributed by atoms with Gasteiger partial charge in [0.15, 0.2) is 0 Å². The van der Waals surface area contributed by atoms with E-state index in [0.29, 0.717) is 23.7 Å². The first-order valence-corrected chi connectivity index (χ1v) is 7.43. The molecule has 0 fully saturated rings. The van der Waals surface area contributed by atoms with Gasteiger partial charge in [-0.3, -0.25) is 4.79 Å². The van der Waals surface area contributed by atoms with E-state index < -0.39 is 0 Å². The lowest BCUT2D eigenvalue weighted by molar-refractivity contribution is 0.108. The summed E-state index contributed by atoms with van der Waals surface area (Å²) in [6.45, 7) is 7.24. The molecule has 5 nitrogen and oxygen atoms in total. The fourth-order valence-electron chi connectivity index (χ4n) is 2.04. The van der Waals surface area contributed by atoms with Gasteiger partial charge in [0, 0.05) is 13.2 Å². The number of hydrogen-bond donors (Lipinski definition) is 2. The van der Waals surface area contributed by atoms with E-state index in [1.165, 1.54) is 0 Å². The average Bonchev–Trinajstić information content (AvgIpc) is 2.46. The topological polar surface area (TPSA) is 67.0 Å². The van der Waals surface area contributed by atoms with Gasteiger partial charge >= 0.3 is 0 Å². The molecule has 5 heteroatoms. The van der Waals surface area contributed by atoms with Gasteiger partial charge in [-0.15, -0.1) is 0 Å². The highest BCUT2D eigenvalue weighted by molar-refractivity contribution is 5.77. The second kappa shape index (κ2) is 7.90.